The highest BCUT2D eigenvalue weighted by Gasteiger charge is 2.55. The van der Waals surface area contributed by atoms with E-state index in [2.05, 4.69) is 4.74 Å². The molecule has 1 aliphatic rings. The van der Waals surface area contributed by atoms with Crippen molar-refractivity contribution >= 4 is 0 Å². The molecule has 1 rings (SSSR count). The number of rotatable bonds is 2. The summed E-state index contributed by atoms with van der Waals surface area (Å²) in [6.07, 6.45) is -4.33. The Labute approximate surface area is 69.0 Å². The van der Waals surface area contributed by atoms with Crippen LogP contribution in [0.25, 0.3) is 0 Å². The summed E-state index contributed by atoms with van der Waals surface area (Å²) >= 11 is 0. The van der Waals surface area contributed by atoms with Crippen LogP contribution in [0.2, 0.25) is 0 Å². The van der Waals surface area contributed by atoms with E-state index >= 15 is 0 Å². The van der Waals surface area contributed by atoms with Crippen LogP contribution < -0.4 is 0 Å². The van der Waals surface area contributed by atoms with Gasteiger partial charge in [-0.05, 0) is 6.42 Å². The monoisotopic (exact) mass is 182 g/mol. The van der Waals surface area contributed by atoms with E-state index in [0.29, 0.717) is 0 Å². The van der Waals surface area contributed by atoms with Gasteiger partial charge in [-0.2, -0.15) is 0 Å². The molecule has 4 atom stereocenters. The van der Waals surface area contributed by atoms with E-state index in [1.165, 1.54) is 0 Å². The van der Waals surface area contributed by atoms with Gasteiger partial charge in [0.1, 0.15) is 12.7 Å². The van der Waals surface area contributed by atoms with Gasteiger partial charge in [-0.25, -0.2) is 8.78 Å². The van der Waals surface area contributed by atoms with Gasteiger partial charge in [0, 0.05) is 0 Å². The van der Waals surface area contributed by atoms with Crippen molar-refractivity contribution in [3.63, 3.8) is 0 Å². The van der Waals surface area contributed by atoms with E-state index < -0.39 is 30.8 Å². The minimum atomic E-state index is -2.62. The molecule has 0 amide bonds. The van der Waals surface area contributed by atoms with Gasteiger partial charge in [-0.15, -0.1) is 0 Å². The van der Waals surface area contributed by atoms with E-state index in [0.717, 1.165) is 0 Å². The maximum absolute atomic E-state index is 13.2. The molecule has 0 bridgehead atoms. The molecule has 1 fully saturated rings. The smallest absolute Gasteiger partial charge is 0.261 e. The molecule has 0 aromatic carbocycles. The molecule has 0 aromatic rings. The van der Waals surface area contributed by atoms with E-state index in [-0.39, 0.29) is 6.42 Å². The molecule has 0 aliphatic carbocycles. The molecule has 0 spiro atoms. The Morgan fingerprint density at radius 2 is 2.17 bits per heavy atom. The Morgan fingerprint density at radius 1 is 1.58 bits per heavy atom. The first kappa shape index (κ1) is 9.83. The molecule has 0 saturated carbocycles. The van der Waals surface area contributed by atoms with Crippen molar-refractivity contribution in [2.45, 2.75) is 37.6 Å². The number of hydrogen-bond donors (Lipinski definition) is 2. The average Bonchev–Trinajstić information content (AvgIpc) is 2.31. The van der Waals surface area contributed by atoms with Gasteiger partial charge in [0.25, 0.3) is 5.85 Å². The first-order valence-corrected chi connectivity index (χ1v) is 3.85. The number of ether oxygens (including phenoxy) is 1. The van der Waals surface area contributed by atoms with Crippen LogP contribution in [0.5, 0.6) is 0 Å². The largest absolute Gasteiger partial charge is 0.390 e. The summed E-state index contributed by atoms with van der Waals surface area (Å²) in [6, 6.07) is 0. The lowest BCUT2D eigenvalue weighted by atomic mass is 10.1. The molecule has 72 valence electrons. The molecule has 1 heterocycles. The quantitative estimate of drug-likeness (QED) is 0.639. The van der Waals surface area contributed by atoms with Crippen LogP contribution in [0.3, 0.4) is 0 Å². The summed E-state index contributed by atoms with van der Waals surface area (Å²) in [5.74, 6) is -2.62. The summed E-state index contributed by atoms with van der Waals surface area (Å²) < 4.78 is 30.6. The van der Waals surface area contributed by atoms with Crippen LogP contribution in [0, 0.1) is 0 Å². The van der Waals surface area contributed by atoms with Crippen LogP contribution in [-0.2, 0) is 4.74 Å². The molecule has 5 heteroatoms. The summed E-state index contributed by atoms with van der Waals surface area (Å²) in [6.45, 7) is 0.595. The summed E-state index contributed by atoms with van der Waals surface area (Å²) in [7, 11) is 0. The Kier molecular flexibility index (Phi) is 2.65. The molecule has 1 saturated heterocycles. The minimum Gasteiger partial charge on any atom is -0.390 e. The fourth-order valence-corrected chi connectivity index (χ4v) is 1.27. The second-order valence-electron chi connectivity index (χ2n) is 2.90. The first-order valence-electron chi connectivity index (χ1n) is 3.85. The maximum Gasteiger partial charge on any atom is 0.261 e. The number of aliphatic hydroxyl groups is 2. The van der Waals surface area contributed by atoms with Gasteiger partial charge in [0.2, 0.25) is 0 Å². The fourth-order valence-electron chi connectivity index (χ4n) is 1.27. The standard InChI is InChI=1S/C7H12F2O3/c1-2-4-5(8)6(11)7(9,3-10)12-4/h4-6,10-11H,2-3H2,1H3. The lowest BCUT2D eigenvalue weighted by Gasteiger charge is -2.19. The van der Waals surface area contributed by atoms with E-state index in [4.69, 9.17) is 10.2 Å². The van der Waals surface area contributed by atoms with Crippen LogP contribution in [-0.4, -0.2) is 41.1 Å². The van der Waals surface area contributed by atoms with Crippen molar-refractivity contribution in [3.05, 3.63) is 0 Å². The molecule has 1 aliphatic heterocycles. The molecule has 0 aromatic heterocycles. The van der Waals surface area contributed by atoms with Crippen LogP contribution >= 0.6 is 0 Å². The zero-order valence-electron chi connectivity index (χ0n) is 6.70. The van der Waals surface area contributed by atoms with E-state index in [1.807, 2.05) is 0 Å². The van der Waals surface area contributed by atoms with Gasteiger partial charge < -0.3 is 14.9 Å². The van der Waals surface area contributed by atoms with Crippen molar-refractivity contribution in [1.82, 2.24) is 0 Å². The van der Waals surface area contributed by atoms with Gasteiger partial charge >= 0.3 is 0 Å². The number of hydrogen-bond acceptors (Lipinski definition) is 3. The lowest BCUT2D eigenvalue weighted by Crippen LogP contribution is -2.41. The van der Waals surface area contributed by atoms with Gasteiger partial charge in [0.05, 0.1) is 6.10 Å². The average molecular weight is 182 g/mol. The number of alkyl halides is 2. The topological polar surface area (TPSA) is 49.7 Å². The first-order chi connectivity index (χ1) is 5.55. The second-order valence-corrected chi connectivity index (χ2v) is 2.90. The highest BCUT2D eigenvalue weighted by atomic mass is 19.2. The zero-order valence-corrected chi connectivity index (χ0v) is 6.70. The highest BCUT2D eigenvalue weighted by molar-refractivity contribution is 4.95. The maximum atomic E-state index is 13.2. The number of aliphatic hydroxyl groups excluding tert-OH is 2. The Hall–Kier alpha value is -0.260. The van der Waals surface area contributed by atoms with Crippen molar-refractivity contribution in [2.75, 3.05) is 6.61 Å². The highest BCUT2D eigenvalue weighted by Crippen LogP contribution is 2.35. The molecule has 3 nitrogen and oxygen atoms in total. The normalized spacial score (nSPS) is 48.2. The molecule has 0 radical (unpaired) electrons. The molecule has 4 unspecified atom stereocenters. The molecule has 12 heavy (non-hydrogen) atoms. The van der Waals surface area contributed by atoms with E-state index in [9.17, 15) is 8.78 Å². The SMILES string of the molecule is CCC1OC(F)(CO)C(O)C1F. The molecular formula is C7H12F2O3. The van der Waals surface area contributed by atoms with Crippen molar-refractivity contribution in [1.29, 1.82) is 0 Å². The number of halogens is 2. The minimum absolute atomic E-state index is 0.268. The second kappa shape index (κ2) is 3.24. The van der Waals surface area contributed by atoms with Crippen molar-refractivity contribution < 1.29 is 23.7 Å². The third kappa shape index (κ3) is 1.32. The summed E-state index contributed by atoms with van der Waals surface area (Å²) in [5.41, 5.74) is 0. The van der Waals surface area contributed by atoms with Crippen LogP contribution in [0.1, 0.15) is 13.3 Å². The zero-order chi connectivity index (χ0) is 9.35. The predicted molar refractivity (Wildman–Crippen MR) is 37.0 cm³/mol. The Morgan fingerprint density at radius 3 is 2.42 bits per heavy atom. The predicted octanol–water partition coefficient (Wildman–Crippen LogP) is 0.152. The van der Waals surface area contributed by atoms with Gasteiger partial charge in [-0.3, -0.25) is 0 Å². The third-order valence-electron chi connectivity index (χ3n) is 2.06. The summed E-state index contributed by atoms with van der Waals surface area (Å²) in [4.78, 5) is 0. The van der Waals surface area contributed by atoms with E-state index in [1.54, 1.807) is 6.92 Å². The van der Waals surface area contributed by atoms with Crippen molar-refractivity contribution in [2.24, 2.45) is 0 Å². The fraction of sp³-hybridized carbons (Fsp3) is 1.00. The van der Waals surface area contributed by atoms with Crippen LogP contribution in [0.15, 0.2) is 0 Å². The van der Waals surface area contributed by atoms with Crippen molar-refractivity contribution in [3.8, 4) is 0 Å². The molecular weight excluding hydrogens is 170 g/mol. The Bertz CT molecular complexity index is 167. The molecule has 2 N–H and O–H groups in total. The Balaban J connectivity index is 2.72. The van der Waals surface area contributed by atoms with Crippen LogP contribution in [0.4, 0.5) is 8.78 Å². The van der Waals surface area contributed by atoms with Gasteiger partial charge in [0.15, 0.2) is 6.17 Å². The third-order valence-corrected chi connectivity index (χ3v) is 2.06. The van der Waals surface area contributed by atoms with Gasteiger partial charge in [-0.1, -0.05) is 6.92 Å². The lowest BCUT2D eigenvalue weighted by molar-refractivity contribution is -0.195. The summed E-state index contributed by atoms with van der Waals surface area (Å²) in [5, 5.41) is 17.5.